The van der Waals surface area contributed by atoms with E-state index >= 15 is 0 Å². The molecule has 7 heteroatoms. The van der Waals surface area contributed by atoms with Crippen LogP contribution < -0.4 is 10.1 Å². The number of ether oxygens (including phenoxy) is 1. The van der Waals surface area contributed by atoms with Crippen molar-refractivity contribution in [3.05, 3.63) is 42.5 Å². The summed E-state index contributed by atoms with van der Waals surface area (Å²) in [6.07, 6.45) is -3.15. The highest BCUT2D eigenvalue weighted by Crippen LogP contribution is 2.22. The number of amides is 2. The number of carbonyl (C=O) groups excluding carboxylic acids is 1. The Morgan fingerprint density at radius 2 is 2.00 bits per heavy atom. The normalized spacial score (nSPS) is 10.8. The zero-order chi connectivity index (χ0) is 15.2. The van der Waals surface area contributed by atoms with Gasteiger partial charge in [-0.1, -0.05) is 18.2 Å². The summed E-state index contributed by atoms with van der Waals surface area (Å²) >= 11 is 0. The number of halogens is 3. The fraction of sp³-hybridized carbons (Fsp3) is 0.308. The molecule has 1 aromatic rings. The van der Waals surface area contributed by atoms with Gasteiger partial charge in [-0.15, -0.1) is 19.8 Å². The van der Waals surface area contributed by atoms with Gasteiger partial charge >= 0.3 is 12.4 Å². The molecule has 0 unspecified atom stereocenters. The number of alkyl halides is 3. The molecule has 20 heavy (non-hydrogen) atoms. The van der Waals surface area contributed by atoms with Crippen LogP contribution in [0, 0.1) is 0 Å². The molecule has 110 valence electrons. The lowest BCUT2D eigenvalue weighted by Gasteiger charge is -2.17. The van der Waals surface area contributed by atoms with E-state index in [0.717, 1.165) is 0 Å². The van der Waals surface area contributed by atoms with Crippen LogP contribution >= 0.6 is 0 Å². The van der Waals surface area contributed by atoms with Crippen molar-refractivity contribution in [1.82, 2.24) is 10.2 Å². The van der Waals surface area contributed by atoms with Gasteiger partial charge in [0.25, 0.3) is 0 Å². The second kappa shape index (κ2) is 6.83. The van der Waals surface area contributed by atoms with E-state index in [-0.39, 0.29) is 18.3 Å². The number of nitrogens with zero attached hydrogens (tertiary/aromatic N) is 1. The Bertz CT molecular complexity index is 458. The molecule has 0 atom stereocenters. The molecular weight excluding hydrogens is 273 g/mol. The molecule has 1 N–H and O–H groups in total. The average Bonchev–Trinajstić information content (AvgIpc) is 2.36. The lowest BCUT2D eigenvalue weighted by molar-refractivity contribution is -0.274. The summed E-state index contributed by atoms with van der Waals surface area (Å²) in [5, 5.41) is 2.59. The van der Waals surface area contributed by atoms with Crippen LogP contribution in [-0.2, 0) is 6.54 Å². The second-order valence-corrected chi connectivity index (χ2v) is 4.02. The number of rotatable bonds is 5. The van der Waals surface area contributed by atoms with Gasteiger partial charge in [-0.2, -0.15) is 0 Å². The summed E-state index contributed by atoms with van der Waals surface area (Å²) in [5.74, 6) is -0.292. The standard InChI is InChI=1S/C13H15F3N2O2/c1-3-8-17-12(19)18(2)9-10-4-6-11(7-5-10)20-13(14,15)16/h3-7H,1,8-9H2,2H3,(H,17,19). The molecule has 0 spiro atoms. The molecule has 1 aromatic carbocycles. The van der Waals surface area contributed by atoms with E-state index in [0.29, 0.717) is 12.1 Å². The van der Waals surface area contributed by atoms with Gasteiger partial charge in [0.2, 0.25) is 0 Å². The van der Waals surface area contributed by atoms with Gasteiger partial charge in [0.15, 0.2) is 0 Å². The van der Waals surface area contributed by atoms with Crippen LogP contribution in [0.5, 0.6) is 5.75 Å². The Kier molecular flexibility index (Phi) is 5.42. The lowest BCUT2D eigenvalue weighted by Crippen LogP contribution is -2.36. The van der Waals surface area contributed by atoms with Crippen LogP contribution in [0.25, 0.3) is 0 Å². The van der Waals surface area contributed by atoms with Gasteiger partial charge in [0.1, 0.15) is 5.75 Å². The molecule has 0 saturated heterocycles. The first-order chi connectivity index (χ1) is 9.31. The summed E-state index contributed by atoms with van der Waals surface area (Å²) in [5.41, 5.74) is 0.691. The van der Waals surface area contributed by atoms with Gasteiger partial charge in [0, 0.05) is 20.1 Å². The molecule has 0 aliphatic heterocycles. The number of benzene rings is 1. The van der Waals surface area contributed by atoms with E-state index in [1.807, 2.05) is 0 Å². The van der Waals surface area contributed by atoms with Gasteiger partial charge in [-0.05, 0) is 17.7 Å². The Morgan fingerprint density at radius 1 is 1.40 bits per heavy atom. The summed E-state index contributed by atoms with van der Waals surface area (Å²) < 4.78 is 39.7. The zero-order valence-electron chi connectivity index (χ0n) is 10.9. The molecular formula is C13H15F3N2O2. The Hall–Kier alpha value is -2.18. The van der Waals surface area contributed by atoms with Gasteiger partial charge in [0.05, 0.1) is 0 Å². The first-order valence-corrected chi connectivity index (χ1v) is 5.76. The van der Waals surface area contributed by atoms with E-state index in [2.05, 4.69) is 16.6 Å². The van der Waals surface area contributed by atoms with E-state index in [9.17, 15) is 18.0 Å². The smallest absolute Gasteiger partial charge is 0.406 e. The maximum absolute atomic E-state index is 12.0. The molecule has 0 aromatic heterocycles. The fourth-order valence-corrected chi connectivity index (χ4v) is 1.44. The van der Waals surface area contributed by atoms with Crippen LogP contribution in [0.4, 0.5) is 18.0 Å². The zero-order valence-corrected chi connectivity index (χ0v) is 10.9. The van der Waals surface area contributed by atoms with Gasteiger partial charge in [-0.25, -0.2) is 4.79 Å². The monoisotopic (exact) mass is 288 g/mol. The minimum atomic E-state index is -4.71. The number of hydrogen-bond acceptors (Lipinski definition) is 2. The summed E-state index contributed by atoms with van der Waals surface area (Å²) in [6.45, 7) is 4.10. The topological polar surface area (TPSA) is 41.6 Å². The first-order valence-electron chi connectivity index (χ1n) is 5.76. The first kappa shape index (κ1) is 15.9. The molecule has 0 fully saturated rings. The molecule has 0 bridgehead atoms. The largest absolute Gasteiger partial charge is 0.573 e. The highest BCUT2D eigenvalue weighted by atomic mass is 19.4. The van der Waals surface area contributed by atoms with Crippen molar-refractivity contribution < 1.29 is 22.7 Å². The third kappa shape index (κ3) is 5.64. The summed E-state index contributed by atoms with van der Waals surface area (Å²) in [7, 11) is 1.58. The van der Waals surface area contributed by atoms with E-state index in [1.165, 1.54) is 29.2 Å². The summed E-state index contributed by atoms with van der Waals surface area (Å²) in [6, 6.07) is 5.06. The van der Waals surface area contributed by atoms with Crippen LogP contribution in [0.15, 0.2) is 36.9 Å². The van der Waals surface area contributed by atoms with Crippen molar-refractivity contribution in [3.63, 3.8) is 0 Å². The Morgan fingerprint density at radius 3 is 2.50 bits per heavy atom. The predicted octanol–water partition coefficient (Wildman–Crippen LogP) is 2.91. The second-order valence-electron chi connectivity index (χ2n) is 4.02. The highest BCUT2D eigenvalue weighted by Gasteiger charge is 2.30. The van der Waals surface area contributed by atoms with Crippen molar-refractivity contribution >= 4 is 6.03 Å². The van der Waals surface area contributed by atoms with Crippen molar-refractivity contribution in [2.45, 2.75) is 12.9 Å². The maximum Gasteiger partial charge on any atom is 0.573 e. The Balaban J connectivity index is 2.56. The van der Waals surface area contributed by atoms with E-state index in [4.69, 9.17) is 0 Å². The minimum absolute atomic E-state index is 0.273. The molecule has 0 aliphatic carbocycles. The van der Waals surface area contributed by atoms with Crippen molar-refractivity contribution in [2.75, 3.05) is 13.6 Å². The third-order valence-electron chi connectivity index (χ3n) is 2.32. The fourth-order valence-electron chi connectivity index (χ4n) is 1.44. The number of nitrogens with one attached hydrogen (secondary N) is 1. The molecule has 0 heterocycles. The van der Waals surface area contributed by atoms with Crippen molar-refractivity contribution in [3.8, 4) is 5.75 Å². The van der Waals surface area contributed by atoms with Gasteiger partial charge in [-0.3, -0.25) is 0 Å². The number of urea groups is 1. The molecule has 0 saturated carbocycles. The van der Waals surface area contributed by atoms with Crippen LogP contribution in [-0.4, -0.2) is 30.9 Å². The van der Waals surface area contributed by atoms with Crippen LogP contribution in [0.1, 0.15) is 5.56 Å². The SMILES string of the molecule is C=CCNC(=O)N(C)Cc1ccc(OC(F)(F)F)cc1. The van der Waals surface area contributed by atoms with E-state index in [1.54, 1.807) is 13.1 Å². The molecule has 2 amide bonds. The predicted molar refractivity (Wildman–Crippen MR) is 68.2 cm³/mol. The Labute approximate surface area is 114 Å². The average molecular weight is 288 g/mol. The summed E-state index contributed by atoms with van der Waals surface area (Å²) in [4.78, 5) is 13.0. The number of carbonyl (C=O) groups is 1. The van der Waals surface area contributed by atoms with E-state index < -0.39 is 6.36 Å². The van der Waals surface area contributed by atoms with Crippen LogP contribution in [0.3, 0.4) is 0 Å². The highest BCUT2D eigenvalue weighted by molar-refractivity contribution is 5.73. The van der Waals surface area contributed by atoms with Crippen molar-refractivity contribution in [2.24, 2.45) is 0 Å². The lowest BCUT2D eigenvalue weighted by atomic mass is 10.2. The molecule has 4 nitrogen and oxygen atoms in total. The maximum atomic E-state index is 12.0. The van der Waals surface area contributed by atoms with Crippen molar-refractivity contribution in [1.29, 1.82) is 0 Å². The van der Waals surface area contributed by atoms with Gasteiger partial charge < -0.3 is 15.0 Å². The number of hydrogen-bond donors (Lipinski definition) is 1. The molecule has 1 rings (SSSR count). The third-order valence-corrected chi connectivity index (χ3v) is 2.32. The van der Waals surface area contributed by atoms with Crippen LogP contribution in [0.2, 0.25) is 0 Å². The minimum Gasteiger partial charge on any atom is -0.406 e. The molecule has 0 radical (unpaired) electrons. The quantitative estimate of drug-likeness (QED) is 0.846. The molecule has 0 aliphatic rings.